The first-order valence-electron chi connectivity index (χ1n) is 6.76. The van der Waals surface area contributed by atoms with Crippen LogP contribution in [0.25, 0.3) is 0 Å². The topological polar surface area (TPSA) is 62.2 Å². The number of hydrogen-bond donors (Lipinski definition) is 2. The van der Waals surface area contributed by atoms with E-state index in [2.05, 4.69) is 10.3 Å². The molecule has 0 atom stereocenters. The van der Waals surface area contributed by atoms with Crippen LogP contribution < -0.4 is 5.32 Å². The maximum atomic E-state index is 11.4. The van der Waals surface area contributed by atoms with Crippen LogP contribution in [0.15, 0.2) is 6.07 Å². The maximum Gasteiger partial charge on any atom is 0.337 e. The van der Waals surface area contributed by atoms with Gasteiger partial charge >= 0.3 is 5.97 Å². The highest BCUT2D eigenvalue weighted by Crippen LogP contribution is 2.36. The van der Waals surface area contributed by atoms with E-state index >= 15 is 0 Å². The number of hydrogen-bond acceptors (Lipinski definition) is 3. The lowest BCUT2D eigenvalue weighted by molar-refractivity contribution is 0.0694. The van der Waals surface area contributed by atoms with Crippen molar-refractivity contribution in [1.82, 2.24) is 4.98 Å². The highest BCUT2D eigenvalue weighted by atomic mass is 16.4. The number of fused-ring (bicyclic) bond motifs is 1. The van der Waals surface area contributed by atoms with Crippen LogP contribution in [0, 0.1) is 0 Å². The summed E-state index contributed by atoms with van der Waals surface area (Å²) in [7, 11) is 0. The van der Waals surface area contributed by atoms with Gasteiger partial charge in [-0.05, 0) is 31.7 Å². The highest BCUT2D eigenvalue weighted by Gasteiger charge is 2.26. The first kappa shape index (κ1) is 11.5. The summed E-state index contributed by atoms with van der Waals surface area (Å²) in [5.41, 5.74) is 3.19. The van der Waals surface area contributed by atoms with Gasteiger partial charge in [-0.15, -0.1) is 0 Å². The third-order valence-electron chi connectivity index (χ3n) is 4.01. The molecule has 2 N–H and O–H groups in total. The van der Waals surface area contributed by atoms with E-state index in [-0.39, 0.29) is 0 Å². The lowest BCUT2D eigenvalue weighted by Gasteiger charge is -2.21. The zero-order valence-corrected chi connectivity index (χ0v) is 10.4. The van der Waals surface area contributed by atoms with Crippen LogP contribution in [0.5, 0.6) is 0 Å². The quantitative estimate of drug-likeness (QED) is 0.842. The average Bonchev–Trinajstić information content (AvgIpc) is 2.91. The number of carboxylic acid groups (broad SMARTS) is 1. The molecule has 1 aromatic heterocycles. The Kier molecular flexibility index (Phi) is 2.94. The zero-order chi connectivity index (χ0) is 12.5. The minimum atomic E-state index is -0.848. The van der Waals surface area contributed by atoms with E-state index in [1.165, 1.54) is 12.8 Å². The summed E-state index contributed by atoms with van der Waals surface area (Å²) >= 11 is 0. The molecule has 96 valence electrons. The maximum absolute atomic E-state index is 11.4. The van der Waals surface area contributed by atoms with Crippen molar-refractivity contribution in [3.05, 3.63) is 23.0 Å². The van der Waals surface area contributed by atoms with Crippen molar-refractivity contribution in [3.63, 3.8) is 0 Å². The summed E-state index contributed by atoms with van der Waals surface area (Å²) in [6.07, 6.45) is 6.60. The van der Waals surface area contributed by atoms with Gasteiger partial charge in [0.05, 0.1) is 22.6 Å². The molecule has 2 aliphatic rings. The van der Waals surface area contributed by atoms with Crippen LogP contribution in [0.4, 0.5) is 5.69 Å². The molecule has 4 heteroatoms. The van der Waals surface area contributed by atoms with Gasteiger partial charge in [-0.1, -0.05) is 12.8 Å². The Morgan fingerprint density at radius 3 is 2.83 bits per heavy atom. The molecular weight excluding hydrogens is 228 g/mol. The number of rotatable bonds is 2. The number of nitrogens with one attached hydrogen (secondary N) is 1. The molecule has 0 bridgehead atoms. The number of aryl methyl sites for hydroxylation is 1. The minimum Gasteiger partial charge on any atom is -0.478 e. The van der Waals surface area contributed by atoms with E-state index in [4.69, 9.17) is 0 Å². The molecule has 0 unspecified atom stereocenters. The molecule has 0 amide bonds. The van der Waals surface area contributed by atoms with Gasteiger partial charge < -0.3 is 10.4 Å². The predicted molar refractivity (Wildman–Crippen MR) is 69.2 cm³/mol. The SMILES string of the molecule is O=C(O)c1cc2c(nc1C1CCCC1)CCCN2. The molecule has 0 radical (unpaired) electrons. The smallest absolute Gasteiger partial charge is 0.337 e. The number of aromatic nitrogens is 1. The fraction of sp³-hybridized carbons (Fsp3) is 0.571. The van der Waals surface area contributed by atoms with Gasteiger partial charge in [-0.3, -0.25) is 4.98 Å². The van der Waals surface area contributed by atoms with Crippen LogP contribution in [-0.2, 0) is 6.42 Å². The molecule has 0 aromatic carbocycles. The number of carboxylic acids is 1. The van der Waals surface area contributed by atoms with Crippen molar-refractivity contribution in [2.75, 3.05) is 11.9 Å². The average molecular weight is 246 g/mol. The Bertz CT molecular complexity index is 479. The fourth-order valence-corrected chi connectivity index (χ4v) is 3.07. The second-order valence-electron chi connectivity index (χ2n) is 5.23. The Morgan fingerprint density at radius 2 is 2.11 bits per heavy atom. The Balaban J connectivity index is 2.06. The molecular formula is C14H18N2O2. The normalized spacial score (nSPS) is 19.3. The standard InChI is InChI=1S/C14H18N2O2/c17-14(18)10-8-12-11(6-3-7-15-12)16-13(10)9-4-1-2-5-9/h8-9,15H,1-7H2,(H,17,18). The molecule has 1 aromatic rings. The predicted octanol–water partition coefficient (Wildman–Crippen LogP) is 2.80. The molecule has 18 heavy (non-hydrogen) atoms. The van der Waals surface area contributed by atoms with Gasteiger partial charge in [-0.2, -0.15) is 0 Å². The van der Waals surface area contributed by atoms with Gasteiger partial charge in [0.15, 0.2) is 0 Å². The molecule has 3 rings (SSSR count). The summed E-state index contributed by atoms with van der Waals surface area (Å²) in [5, 5.41) is 12.6. The third-order valence-corrected chi connectivity index (χ3v) is 4.01. The summed E-state index contributed by atoms with van der Waals surface area (Å²) < 4.78 is 0. The number of anilines is 1. The summed E-state index contributed by atoms with van der Waals surface area (Å²) in [4.78, 5) is 16.1. The van der Waals surface area contributed by atoms with Gasteiger partial charge in [0.25, 0.3) is 0 Å². The van der Waals surface area contributed by atoms with Crippen molar-refractivity contribution in [2.24, 2.45) is 0 Å². The van der Waals surface area contributed by atoms with Gasteiger partial charge in [0.1, 0.15) is 0 Å². The number of pyridine rings is 1. The van der Waals surface area contributed by atoms with E-state index in [1.807, 2.05) is 0 Å². The van der Waals surface area contributed by atoms with Crippen molar-refractivity contribution < 1.29 is 9.90 Å². The van der Waals surface area contributed by atoms with Crippen LogP contribution >= 0.6 is 0 Å². The lowest BCUT2D eigenvalue weighted by atomic mass is 9.96. The van der Waals surface area contributed by atoms with Crippen molar-refractivity contribution >= 4 is 11.7 Å². The lowest BCUT2D eigenvalue weighted by Crippen LogP contribution is -2.17. The monoisotopic (exact) mass is 246 g/mol. The largest absolute Gasteiger partial charge is 0.478 e. The first-order valence-corrected chi connectivity index (χ1v) is 6.76. The van der Waals surface area contributed by atoms with E-state index in [0.29, 0.717) is 11.5 Å². The third kappa shape index (κ3) is 1.96. The number of aromatic carboxylic acids is 1. The summed E-state index contributed by atoms with van der Waals surface area (Å²) in [6, 6.07) is 1.79. The van der Waals surface area contributed by atoms with E-state index in [0.717, 1.165) is 49.3 Å². The molecule has 4 nitrogen and oxygen atoms in total. The van der Waals surface area contributed by atoms with Crippen LogP contribution in [0.3, 0.4) is 0 Å². The Hall–Kier alpha value is -1.58. The number of carbonyl (C=O) groups is 1. The van der Waals surface area contributed by atoms with Gasteiger partial charge in [0.2, 0.25) is 0 Å². The Morgan fingerprint density at radius 1 is 1.33 bits per heavy atom. The van der Waals surface area contributed by atoms with Crippen molar-refractivity contribution in [3.8, 4) is 0 Å². The highest BCUT2D eigenvalue weighted by molar-refractivity contribution is 5.90. The summed E-state index contributed by atoms with van der Waals surface area (Å²) in [5.74, 6) is -0.497. The second-order valence-corrected chi connectivity index (χ2v) is 5.23. The molecule has 1 fully saturated rings. The molecule has 1 saturated carbocycles. The van der Waals surface area contributed by atoms with Crippen LogP contribution in [0.1, 0.15) is 59.8 Å². The molecule has 0 spiro atoms. The van der Waals surface area contributed by atoms with E-state index in [1.54, 1.807) is 6.07 Å². The molecule has 2 heterocycles. The van der Waals surface area contributed by atoms with Gasteiger partial charge in [0, 0.05) is 12.5 Å². The minimum absolute atomic E-state index is 0.350. The van der Waals surface area contributed by atoms with E-state index < -0.39 is 5.97 Å². The summed E-state index contributed by atoms with van der Waals surface area (Å²) in [6.45, 7) is 0.913. The second kappa shape index (κ2) is 4.59. The van der Waals surface area contributed by atoms with E-state index in [9.17, 15) is 9.90 Å². The zero-order valence-electron chi connectivity index (χ0n) is 10.4. The Labute approximate surface area is 106 Å². The van der Waals surface area contributed by atoms with Crippen LogP contribution in [-0.4, -0.2) is 22.6 Å². The van der Waals surface area contributed by atoms with Crippen molar-refractivity contribution in [1.29, 1.82) is 0 Å². The first-order chi connectivity index (χ1) is 8.75. The van der Waals surface area contributed by atoms with Crippen LogP contribution in [0.2, 0.25) is 0 Å². The van der Waals surface area contributed by atoms with Gasteiger partial charge in [-0.25, -0.2) is 4.79 Å². The fourth-order valence-electron chi connectivity index (χ4n) is 3.07. The molecule has 1 aliphatic heterocycles. The molecule has 1 aliphatic carbocycles. The number of nitrogens with zero attached hydrogens (tertiary/aromatic N) is 1. The van der Waals surface area contributed by atoms with Crippen molar-refractivity contribution in [2.45, 2.75) is 44.4 Å². The molecule has 0 saturated heterocycles.